The highest BCUT2D eigenvalue weighted by Gasteiger charge is 2.37. The van der Waals surface area contributed by atoms with E-state index in [2.05, 4.69) is 15.4 Å². The van der Waals surface area contributed by atoms with Crippen LogP contribution in [0.5, 0.6) is 0 Å². The molecule has 3 atom stereocenters. The zero-order valence-electron chi connectivity index (χ0n) is 21.8. The lowest BCUT2D eigenvalue weighted by molar-refractivity contribution is -0.125. The molecule has 2 amide bonds. The van der Waals surface area contributed by atoms with Crippen molar-refractivity contribution in [2.24, 2.45) is 11.8 Å². The first kappa shape index (κ1) is 27.8. The summed E-state index contributed by atoms with van der Waals surface area (Å²) >= 11 is 0. The standard InChI is InChI=1S/C29H34N2O6/c1-16(2)15-21(30-27(34)19-11-13-20(14-12-19)29(36)37-5)28(35)31-24(17(3)4)26(33)23-22(25(23)32)18-9-7-6-8-10-18/h6-14,16-17,21,24,26,33H,15H2,1-5H3,(H,30,34)(H,31,35)/t21-,24-,26-/m0/s1. The van der Waals surface area contributed by atoms with Crippen molar-refractivity contribution in [3.8, 4) is 11.1 Å². The predicted octanol–water partition coefficient (Wildman–Crippen LogP) is 3.39. The van der Waals surface area contributed by atoms with Crippen LogP contribution in [0, 0.1) is 11.8 Å². The van der Waals surface area contributed by atoms with Crippen molar-refractivity contribution in [3.05, 3.63) is 81.5 Å². The summed E-state index contributed by atoms with van der Waals surface area (Å²) in [6.07, 6.45) is -0.803. The van der Waals surface area contributed by atoms with Gasteiger partial charge in [0.1, 0.15) is 12.1 Å². The molecule has 0 heterocycles. The van der Waals surface area contributed by atoms with Crippen molar-refractivity contribution in [3.63, 3.8) is 0 Å². The Balaban J connectivity index is 1.75. The molecule has 0 aliphatic rings. The van der Waals surface area contributed by atoms with Gasteiger partial charge >= 0.3 is 5.97 Å². The number of esters is 1. The lowest BCUT2D eigenvalue weighted by Gasteiger charge is -2.29. The molecule has 8 nitrogen and oxygen atoms in total. The summed E-state index contributed by atoms with van der Waals surface area (Å²) in [5, 5.41) is 16.7. The lowest BCUT2D eigenvalue weighted by atomic mass is 9.94. The van der Waals surface area contributed by atoms with E-state index in [-0.39, 0.29) is 22.8 Å². The molecule has 0 radical (unpaired) electrons. The third-order valence-electron chi connectivity index (χ3n) is 6.30. The van der Waals surface area contributed by atoms with E-state index in [1.54, 1.807) is 0 Å². The summed E-state index contributed by atoms with van der Waals surface area (Å²) in [6.45, 7) is 7.57. The first-order valence-electron chi connectivity index (χ1n) is 12.4. The molecule has 3 N–H and O–H groups in total. The highest BCUT2D eigenvalue weighted by atomic mass is 16.5. The minimum atomic E-state index is -1.17. The van der Waals surface area contributed by atoms with Crippen LogP contribution in [0.25, 0.3) is 11.1 Å². The van der Waals surface area contributed by atoms with Crippen molar-refractivity contribution < 1.29 is 24.2 Å². The van der Waals surface area contributed by atoms with Crippen LogP contribution < -0.4 is 16.1 Å². The fourth-order valence-electron chi connectivity index (χ4n) is 4.23. The van der Waals surface area contributed by atoms with E-state index >= 15 is 0 Å². The van der Waals surface area contributed by atoms with Crippen molar-refractivity contribution in [1.29, 1.82) is 0 Å². The number of benzene rings is 2. The Labute approximate surface area is 216 Å². The molecule has 3 rings (SSSR count). The molecule has 37 heavy (non-hydrogen) atoms. The molecule has 8 heteroatoms. The minimum Gasteiger partial charge on any atom is -0.465 e. The van der Waals surface area contributed by atoms with Gasteiger partial charge in [-0.15, -0.1) is 0 Å². The van der Waals surface area contributed by atoms with Crippen LogP contribution in [0.4, 0.5) is 0 Å². The Morgan fingerprint density at radius 2 is 1.49 bits per heavy atom. The van der Waals surface area contributed by atoms with Gasteiger partial charge in [-0.1, -0.05) is 58.0 Å². The van der Waals surface area contributed by atoms with Gasteiger partial charge in [0.15, 0.2) is 5.43 Å². The molecule has 0 saturated carbocycles. The highest BCUT2D eigenvalue weighted by molar-refractivity contribution is 5.98. The predicted molar refractivity (Wildman–Crippen MR) is 141 cm³/mol. The van der Waals surface area contributed by atoms with Gasteiger partial charge in [-0.3, -0.25) is 14.4 Å². The molecule has 0 unspecified atom stereocenters. The zero-order valence-corrected chi connectivity index (χ0v) is 21.8. The van der Waals surface area contributed by atoms with Gasteiger partial charge < -0.3 is 20.5 Å². The lowest BCUT2D eigenvalue weighted by Crippen LogP contribution is -2.52. The molecule has 0 fully saturated rings. The summed E-state index contributed by atoms with van der Waals surface area (Å²) in [5.74, 6) is -1.51. The largest absolute Gasteiger partial charge is 0.465 e. The van der Waals surface area contributed by atoms with Crippen LogP contribution in [0.1, 0.15) is 66.5 Å². The smallest absolute Gasteiger partial charge is 0.337 e. The summed E-state index contributed by atoms with van der Waals surface area (Å²) < 4.78 is 4.67. The van der Waals surface area contributed by atoms with Gasteiger partial charge in [-0.05, 0) is 48.1 Å². The summed E-state index contributed by atoms with van der Waals surface area (Å²) in [7, 11) is 1.28. The molecule has 0 spiro atoms. The molecular formula is C29H34N2O6. The van der Waals surface area contributed by atoms with Crippen molar-refractivity contribution in [2.75, 3.05) is 7.11 Å². The monoisotopic (exact) mass is 506 g/mol. The van der Waals surface area contributed by atoms with E-state index in [4.69, 9.17) is 0 Å². The minimum absolute atomic E-state index is 0.0950. The molecule has 0 aliphatic heterocycles. The number of aliphatic hydroxyl groups excluding tert-OH is 1. The van der Waals surface area contributed by atoms with Crippen LogP contribution in [0.15, 0.2) is 59.4 Å². The zero-order chi connectivity index (χ0) is 27.3. The van der Waals surface area contributed by atoms with Crippen molar-refractivity contribution in [2.45, 2.75) is 52.3 Å². The number of hydrogen-bond acceptors (Lipinski definition) is 6. The number of carbonyl (C=O) groups is 3. The highest BCUT2D eigenvalue weighted by Crippen LogP contribution is 2.33. The number of aliphatic hydroxyl groups is 1. The van der Waals surface area contributed by atoms with Crippen LogP contribution in [-0.4, -0.2) is 42.1 Å². The average molecular weight is 507 g/mol. The fourth-order valence-corrected chi connectivity index (χ4v) is 4.23. The fraction of sp³-hybridized carbons (Fsp3) is 0.379. The number of rotatable bonds is 11. The second-order valence-electron chi connectivity index (χ2n) is 9.93. The first-order chi connectivity index (χ1) is 17.5. The normalized spacial score (nSPS) is 13.8. The maximum absolute atomic E-state index is 13.3. The van der Waals surface area contributed by atoms with Crippen LogP contribution in [0.2, 0.25) is 0 Å². The Bertz CT molecular complexity index is 1240. The van der Waals surface area contributed by atoms with Gasteiger partial charge in [0.2, 0.25) is 5.91 Å². The second-order valence-corrected chi connectivity index (χ2v) is 9.93. The summed E-state index contributed by atoms with van der Waals surface area (Å²) in [6, 6.07) is 13.5. The molecule has 0 aromatic heterocycles. The average Bonchev–Trinajstić information content (AvgIpc) is 3.56. The van der Waals surface area contributed by atoms with Gasteiger partial charge in [0.25, 0.3) is 5.91 Å². The number of methoxy groups -OCH3 is 1. The van der Waals surface area contributed by atoms with Crippen LogP contribution in [0.3, 0.4) is 0 Å². The van der Waals surface area contributed by atoms with E-state index in [1.165, 1.54) is 31.4 Å². The van der Waals surface area contributed by atoms with E-state index in [0.717, 1.165) is 5.56 Å². The molecule has 196 valence electrons. The first-order valence-corrected chi connectivity index (χ1v) is 12.4. The number of nitrogens with one attached hydrogen (secondary N) is 2. The quantitative estimate of drug-likeness (QED) is 0.343. The molecule has 3 aromatic carbocycles. The second kappa shape index (κ2) is 12.0. The Morgan fingerprint density at radius 1 is 0.892 bits per heavy atom. The molecule has 0 bridgehead atoms. The Morgan fingerprint density at radius 3 is 2.03 bits per heavy atom. The van der Waals surface area contributed by atoms with Crippen LogP contribution >= 0.6 is 0 Å². The van der Waals surface area contributed by atoms with Gasteiger partial charge in [0, 0.05) is 16.7 Å². The molecule has 0 aliphatic carbocycles. The van der Waals surface area contributed by atoms with E-state index in [0.29, 0.717) is 23.1 Å². The Hall–Kier alpha value is -3.78. The van der Waals surface area contributed by atoms with Crippen LogP contribution in [-0.2, 0) is 9.53 Å². The van der Waals surface area contributed by atoms with E-state index in [1.807, 2.05) is 58.0 Å². The Kier molecular flexibility index (Phi) is 8.99. The maximum atomic E-state index is 13.3. The van der Waals surface area contributed by atoms with E-state index in [9.17, 15) is 24.3 Å². The SMILES string of the molecule is COC(=O)c1ccc(C(=O)N[C@@H](CC(C)C)C(=O)N[C@@H](C(C)C)[C@@H](O)c2c(-c3ccccc3)c2=O)cc1. The van der Waals surface area contributed by atoms with Crippen molar-refractivity contribution >= 4 is 17.8 Å². The summed E-state index contributed by atoms with van der Waals surface area (Å²) in [4.78, 5) is 50.4. The van der Waals surface area contributed by atoms with Crippen molar-refractivity contribution in [1.82, 2.24) is 10.6 Å². The van der Waals surface area contributed by atoms with E-state index < -0.39 is 36.0 Å². The molecular weight excluding hydrogens is 472 g/mol. The third-order valence-corrected chi connectivity index (χ3v) is 6.30. The number of ether oxygens (including phenoxy) is 1. The maximum Gasteiger partial charge on any atom is 0.337 e. The summed E-state index contributed by atoms with van der Waals surface area (Å²) in [5.41, 5.74) is 1.91. The molecule has 0 saturated heterocycles. The van der Waals surface area contributed by atoms with Gasteiger partial charge in [-0.2, -0.15) is 0 Å². The van der Waals surface area contributed by atoms with Gasteiger partial charge in [0.05, 0.1) is 18.7 Å². The number of amides is 2. The third kappa shape index (κ3) is 6.71. The number of hydrogen-bond donors (Lipinski definition) is 3. The molecule has 3 aromatic rings. The van der Waals surface area contributed by atoms with Gasteiger partial charge in [-0.25, -0.2) is 4.79 Å². The topological polar surface area (TPSA) is 122 Å². The number of carbonyl (C=O) groups excluding carboxylic acids is 3.